The summed E-state index contributed by atoms with van der Waals surface area (Å²) in [6, 6.07) is 0. The molecule has 0 aliphatic rings. The first-order valence-corrected chi connectivity index (χ1v) is 5.63. The van der Waals surface area contributed by atoms with E-state index in [9.17, 15) is 0 Å². The Bertz CT molecular complexity index is 235. The average Bonchev–Trinajstić information content (AvgIpc) is 2.51. The highest BCUT2D eigenvalue weighted by atomic mass is 32.2. The average molecular weight is 199 g/mol. The first kappa shape index (κ1) is 10.6. The van der Waals surface area contributed by atoms with Crippen LogP contribution in [0.2, 0.25) is 0 Å². The number of nitrogens with one attached hydrogen (secondary N) is 1. The molecule has 4 heteroatoms. The lowest BCUT2D eigenvalue weighted by molar-refractivity contribution is 0.707. The van der Waals surface area contributed by atoms with Crippen LogP contribution in [-0.2, 0) is 7.05 Å². The lowest BCUT2D eigenvalue weighted by atomic mass is 10.5. The summed E-state index contributed by atoms with van der Waals surface area (Å²) < 4.78 is 1.84. The molecule has 0 saturated heterocycles. The Labute approximate surface area is 83.9 Å². The molecule has 1 N–H and O–H groups in total. The quantitative estimate of drug-likeness (QED) is 0.556. The van der Waals surface area contributed by atoms with Crippen molar-refractivity contribution < 1.29 is 0 Å². The molecule has 1 rings (SSSR count). The van der Waals surface area contributed by atoms with Gasteiger partial charge in [-0.25, -0.2) is 0 Å². The van der Waals surface area contributed by atoms with Crippen LogP contribution < -0.4 is 5.32 Å². The summed E-state index contributed by atoms with van der Waals surface area (Å²) in [5.74, 6) is 1.12. The number of hydrogen-bond donors (Lipinski definition) is 1. The molecule has 0 atom stereocenters. The van der Waals surface area contributed by atoms with Gasteiger partial charge in [-0.05, 0) is 13.0 Å². The predicted octanol–water partition coefficient (Wildman–Crippen LogP) is 1.51. The third-order valence-corrected chi connectivity index (χ3v) is 2.61. The summed E-state index contributed by atoms with van der Waals surface area (Å²) in [6.45, 7) is 4.38. The van der Waals surface area contributed by atoms with E-state index in [0.29, 0.717) is 0 Å². The Hall–Kier alpha value is -0.480. The molecule has 1 aromatic rings. The van der Waals surface area contributed by atoms with E-state index in [1.807, 2.05) is 35.9 Å². The number of aromatic nitrogens is 2. The third kappa shape index (κ3) is 4.33. The van der Waals surface area contributed by atoms with Gasteiger partial charge in [-0.1, -0.05) is 6.92 Å². The van der Waals surface area contributed by atoms with Crippen molar-refractivity contribution >= 4 is 11.8 Å². The maximum Gasteiger partial charge on any atom is 0.0625 e. The van der Waals surface area contributed by atoms with Gasteiger partial charge in [0, 0.05) is 30.4 Å². The summed E-state index contributed by atoms with van der Waals surface area (Å²) in [5.41, 5.74) is 0. The molecule has 0 bridgehead atoms. The highest BCUT2D eigenvalue weighted by Gasteiger charge is 1.95. The van der Waals surface area contributed by atoms with E-state index in [0.717, 1.165) is 18.8 Å². The number of thioether (sulfide) groups is 1. The highest BCUT2D eigenvalue weighted by molar-refractivity contribution is 7.99. The molecule has 0 aliphatic heterocycles. The minimum atomic E-state index is 1.08. The molecular formula is C9H17N3S. The van der Waals surface area contributed by atoms with E-state index in [2.05, 4.69) is 17.3 Å². The summed E-state index contributed by atoms with van der Waals surface area (Å²) in [5, 5.41) is 7.47. The topological polar surface area (TPSA) is 29.9 Å². The van der Waals surface area contributed by atoms with Gasteiger partial charge in [0.05, 0.1) is 6.20 Å². The van der Waals surface area contributed by atoms with E-state index in [1.165, 1.54) is 11.3 Å². The number of aryl methyl sites for hydroxylation is 1. The van der Waals surface area contributed by atoms with Gasteiger partial charge >= 0.3 is 0 Å². The number of hydrogen-bond acceptors (Lipinski definition) is 3. The summed E-state index contributed by atoms with van der Waals surface area (Å²) in [7, 11) is 1.94. The largest absolute Gasteiger partial charge is 0.316 e. The molecule has 0 fully saturated rings. The second-order valence-electron chi connectivity index (χ2n) is 2.95. The second-order valence-corrected chi connectivity index (χ2v) is 4.12. The van der Waals surface area contributed by atoms with Gasteiger partial charge in [-0.2, -0.15) is 5.10 Å². The SMILES string of the molecule is CCCNCCSc1cnn(C)c1. The van der Waals surface area contributed by atoms with Crippen LogP contribution in [-0.4, -0.2) is 28.6 Å². The van der Waals surface area contributed by atoms with Crippen molar-refractivity contribution in [1.82, 2.24) is 15.1 Å². The summed E-state index contributed by atoms with van der Waals surface area (Å²) >= 11 is 1.85. The fourth-order valence-corrected chi connectivity index (χ4v) is 1.85. The molecule has 0 amide bonds. The van der Waals surface area contributed by atoms with Crippen molar-refractivity contribution in [2.24, 2.45) is 7.05 Å². The molecule has 0 unspecified atom stereocenters. The van der Waals surface area contributed by atoms with Crippen LogP contribution in [0.1, 0.15) is 13.3 Å². The first-order chi connectivity index (χ1) is 6.33. The molecule has 1 heterocycles. The van der Waals surface area contributed by atoms with Gasteiger partial charge in [-0.3, -0.25) is 4.68 Å². The maximum absolute atomic E-state index is 4.11. The minimum absolute atomic E-state index is 1.08. The van der Waals surface area contributed by atoms with E-state index in [1.54, 1.807) is 0 Å². The molecule has 0 aliphatic carbocycles. The van der Waals surface area contributed by atoms with Crippen LogP contribution in [0, 0.1) is 0 Å². The van der Waals surface area contributed by atoms with Crippen LogP contribution >= 0.6 is 11.8 Å². The molecule has 1 aromatic heterocycles. The summed E-state index contributed by atoms with van der Waals surface area (Å²) in [6.07, 6.45) is 5.16. The Balaban J connectivity index is 2.06. The van der Waals surface area contributed by atoms with E-state index in [4.69, 9.17) is 0 Å². The van der Waals surface area contributed by atoms with Crippen LogP contribution in [0.3, 0.4) is 0 Å². The van der Waals surface area contributed by atoms with Crippen LogP contribution in [0.4, 0.5) is 0 Å². The van der Waals surface area contributed by atoms with Crippen LogP contribution in [0.25, 0.3) is 0 Å². The third-order valence-electron chi connectivity index (χ3n) is 1.66. The van der Waals surface area contributed by atoms with Gasteiger partial charge in [0.25, 0.3) is 0 Å². The van der Waals surface area contributed by atoms with Crippen LogP contribution in [0.5, 0.6) is 0 Å². The van der Waals surface area contributed by atoms with Crippen molar-refractivity contribution in [3.05, 3.63) is 12.4 Å². The van der Waals surface area contributed by atoms with E-state index < -0.39 is 0 Å². The van der Waals surface area contributed by atoms with Crippen molar-refractivity contribution in [2.45, 2.75) is 18.2 Å². The number of rotatable bonds is 6. The zero-order valence-electron chi connectivity index (χ0n) is 8.29. The van der Waals surface area contributed by atoms with Crippen molar-refractivity contribution in [3.63, 3.8) is 0 Å². The maximum atomic E-state index is 4.11. The van der Waals surface area contributed by atoms with Gasteiger partial charge in [0.2, 0.25) is 0 Å². The van der Waals surface area contributed by atoms with Gasteiger partial charge < -0.3 is 5.32 Å². The smallest absolute Gasteiger partial charge is 0.0625 e. The molecule has 0 radical (unpaired) electrons. The standard InChI is InChI=1S/C9H17N3S/c1-3-4-10-5-6-13-9-7-11-12(2)8-9/h7-8,10H,3-6H2,1-2H3. The van der Waals surface area contributed by atoms with Crippen LogP contribution in [0.15, 0.2) is 17.3 Å². The normalized spacial score (nSPS) is 10.6. The fraction of sp³-hybridized carbons (Fsp3) is 0.667. The lowest BCUT2D eigenvalue weighted by Crippen LogP contribution is -2.17. The van der Waals surface area contributed by atoms with E-state index in [-0.39, 0.29) is 0 Å². The Morgan fingerprint density at radius 2 is 2.38 bits per heavy atom. The first-order valence-electron chi connectivity index (χ1n) is 4.65. The molecule has 3 nitrogen and oxygen atoms in total. The predicted molar refractivity (Wildman–Crippen MR) is 57.1 cm³/mol. The van der Waals surface area contributed by atoms with Crippen molar-refractivity contribution in [2.75, 3.05) is 18.8 Å². The monoisotopic (exact) mass is 199 g/mol. The summed E-state index contributed by atoms with van der Waals surface area (Å²) in [4.78, 5) is 1.25. The zero-order valence-corrected chi connectivity index (χ0v) is 9.10. The molecule has 0 saturated carbocycles. The number of nitrogens with zero attached hydrogens (tertiary/aromatic N) is 2. The van der Waals surface area contributed by atoms with E-state index >= 15 is 0 Å². The minimum Gasteiger partial charge on any atom is -0.316 e. The van der Waals surface area contributed by atoms with Gasteiger partial charge in [0.1, 0.15) is 0 Å². The fourth-order valence-electron chi connectivity index (χ4n) is 1.02. The van der Waals surface area contributed by atoms with Gasteiger partial charge in [0.15, 0.2) is 0 Å². The molecule has 0 aromatic carbocycles. The molecule has 74 valence electrons. The Kier molecular flexibility index (Phi) is 4.93. The lowest BCUT2D eigenvalue weighted by Gasteiger charge is -2.00. The highest BCUT2D eigenvalue weighted by Crippen LogP contribution is 2.14. The second kappa shape index (κ2) is 6.05. The molecule has 13 heavy (non-hydrogen) atoms. The Morgan fingerprint density at radius 3 is 3.00 bits per heavy atom. The Morgan fingerprint density at radius 1 is 1.54 bits per heavy atom. The molecular weight excluding hydrogens is 182 g/mol. The van der Waals surface area contributed by atoms with Crippen molar-refractivity contribution in [1.29, 1.82) is 0 Å². The van der Waals surface area contributed by atoms with Crippen molar-refractivity contribution in [3.8, 4) is 0 Å². The zero-order chi connectivity index (χ0) is 9.52. The van der Waals surface area contributed by atoms with Gasteiger partial charge in [-0.15, -0.1) is 11.8 Å². The molecule has 0 spiro atoms.